The lowest BCUT2D eigenvalue weighted by atomic mass is 10.2. The van der Waals surface area contributed by atoms with Gasteiger partial charge in [-0.15, -0.1) is 0 Å². The van der Waals surface area contributed by atoms with Gasteiger partial charge in [0.15, 0.2) is 0 Å². The molecule has 3 heteroatoms. The van der Waals surface area contributed by atoms with E-state index >= 15 is 0 Å². The molecule has 0 unspecified atom stereocenters. The molecule has 3 aromatic rings. The second kappa shape index (κ2) is 4.45. The SMILES string of the molecule is Oc1ccc(COc2ccc3[nH]ccc3c2)cc1. The lowest BCUT2D eigenvalue weighted by Crippen LogP contribution is -1.94. The van der Waals surface area contributed by atoms with E-state index in [1.807, 2.05) is 42.6 Å². The lowest BCUT2D eigenvalue weighted by Gasteiger charge is -2.06. The van der Waals surface area contributed by atoms with Crippen LogP contribution in [0.15, 0.2) is 54.7 Å². The van der Waals surface area contributed by atoms with E-state index in [4.69, 9.17) is 4.74 Å². The molecule has 0 saturated carbocycles. The van der Waals surface area contributed by atoms with Crippen molar-refractivity contribution in [3.63, 3.8) is 0 Å². The van der Waals surface area contributed by atoms with Gasteiger partial charge >= 0.3 is 0 Å². The average Bonchev–Trinajstić information content (AvgIpc) is 2.85. The van der Waals surface area contributed by atoms with Crippen LogP contribution >= 0.6 is 0 Å². The Labute approximate surface area is 105 Å². The highest BCUT2D eigenvalue weighted by Gasteiger charge is 1.99. The number of rotatable bonds is 3. The third-order valence-corrected chi connectivity index (χ3v) is 2.87. The highest BCUT2D eigenvalue weighted by atomic mass is 16.5. The second-order valence-electron chi connectivity index (χ2n) is 4.18. The summed E-state index contributed by atoms with van der Waals surface area (Å²) < 4.78 is 5.71. The molecule has 0 aliphatic heterocycles. The van der Waals surface area contributed by atoms with Crippen LogP contribution in [0.1, 0.15) is 5.56 Å². The number of aromatic hydroxyl groups is 1. The summed E-state index contributed by atoms with van der Waals surface area (Å²) in [6.07, 6.45) is 1.91. The minimum atomic E-state index is 0.271. The molecule has 3 rings (SSSR count). The highest BCUT2D eigenvalue weighted by molar-refractivity contribution is 5.80. The maximum atomic E-state index is 9.19. The van der Waals surface area contributed by atoms with Crippen molar-refractivity contribution in [2.24, 2.45) is 0 Å². The maximum Gasteiger partial charge on any atom is 0.120 e. The van der Waals surface area contributed by atoms with Crippen LogP contribution in [-0.4, -0.2) is 10.1 Å². The number of phenolic OH excluding ortho intramolecular Hbond substituents is 1. The quantitative estimate of drug-likeness (QED) is 0.735. The van der Waals surface area contributed by atoms with E-state index in [1.165, 1.54) is 0 Å². The smallest absolute Gasteiger partial charge is 0.120 e. The van der Waals surface area contributed by atoms with Gasteiger partial charge in [-0.3, -0.25) is 0 Å². The summed E-state index contributed by atoms with van der Waals surface area (Å²) in [4.78, 5) is 3.14. The fourth-order valence-electron chi connectivity index (χ4n) is 1.88. The first-order chi connectivity index (χ1) is 8.81. The van der Waals surface area contributed by atoms with Crippen LogP contribution in [0.5, 0.6) is 11.5 Å². The summed E-state index contributed by atoms with van der Waals surface area (Å²) in [5.74, 6) is 1.11. The zero-order valence-electron chi connectivity index (χ0n) is 9.76. The summed E-state index contributed by atoms with van der Waals surface area (Å²) >= 11 is 0. The van der Waals surface area contributed by atoms with Gasteiger partial charge in [0.05, 0.1) is 0 Å². The van der Waals surface area contributed by atoms with Crippen LogP contribution in [0.2, 0.25) is 0 Å². The number of fused-ring (bicyclic) bond motifs is 1. The second-order valence-corrected chi connectivity index (χ2v) is 4.18. The molecule has 0 amide bonds. The predicted molar refractivity (Wildman–Crippen MR) is 70.7 cm³/mol. The molecule has 3 nitrogen and oxygen atoms in total. The largest absolute Gasteiger partial charge is 0.508 e. The number of ether oxygens (including phenoxy) is 1. The van der Waals surface area contributed by atoms with E-state index in [0.29, 0.717) is 6.61 Å². The first-order valence-corrected chi connectivity index (χ1v) is 5.79. The van der Waals surface area contributed by atoms with Gasteiger partial charge in [0.25, 0.3) is 0 Å². The molecule has 0 saturated heterocycles. The van der Waals surface area contributed by atoms with E-state index in [-0.39, 0.29) is 5.75 Å². The maximum absolute atomic E-state index is 9.19. The van der Waals surface area contributed by atoms with E-state index < -0.39 is 0 Å². The minimum Gasteiger partial charge on any atom is -0.508 e. The summed E-state index contributed by atoms with van der Waals surface area (Å²) in [6, 6.07) is 15.0. The van der Waals surface area contributed by atoms with Gasteiger partial charge in [-0.1, -0.05) is 12.1 Å². The number of phenols is 1. The van der Waals surface area contributed by atoms with Gasteiger partial charge in [-0.2, -0.15) is 0 Å². The third kappa shape index (κ3) is 2.15. The topological polar surface area (TPSA) is 45.2 Å². The third-order valence-electron chi connectivity index (χ3n) is 2.87. The molecule has 0 atom stereocenters. The highest BCUT2D eigenvalue weighted by Crippen LogP contribution is 2.20. The number of aromatic nitrogens is 1. The summed E-state index contributed by atoms with van der Waals surface area (Å²) in [6.45, 7) is 0.496. The zero-order chi connectivity index (χ0) is 12.4. The Balaban J connectivity index is 1.74. The predicted octanol–water partition coefficient (Wildman–Crippen LogP) is 3.45. The van der Waals surface area contributed by atoms with Crippen molar-refractivity contribution in [2.45, 2.75) is 6.61 Å². The number of aromatic amines is 1. The van der Waals surface area contributed by atoms with Gasteiger partial charge in [0, 0.05) is 17.1 Å². The number of hydrogen-bond donors (Lipinski definition) is 2. The van der Waals surface area contributed by atoms with Crippen LogP contribution in [0.4, 0.5) is 0 Å². The molecule has 90 valence electrons. The standard InChI is InChI=1S/C15H13NO2/c17-13-3-1-11(2-4-13)10-18-14-5-6-15-12(9-14)7-8-16-15/h1-9,16-17H,10H2. The van der Waals surface area contributed by atoms with Gasteiger partial charge in [-0.05, 0) is 42.0 Å². The molecule has 0 aliphatic carbocycles. The van der Waals surface area contributed by atoms with Crippen molar-refractivity contribution in [2.75, 3.05) is 0 Å². The van der Waals surface area contributed by atoms with Crippen LogP contribution in [-0.2, 0) is 6.61 Å². The molecule has 1 aromatic heterocycles. The van der Waals surface area contributed by atoms with Crippen LogP contribution in [0.3, 0.4) is 0 Å². The Kier molecular flexibility index (Phi) is 2.65. The molecule has 0 spiro atoms. The average molecular weight is 239 g/mol. The number of hydrogen-bond acceptors (Lipinski definition) is 2. The molecule has 0 bridgehead atoms. The van der Waals surface area contributed by atoms with E-state index in [1.54, 1.807) is 12.1 Å². The zero-order valence-corrected chi connectivity index (χ0v) is 9.76. The molecule has 18 heavy (non-hydrogen) atoms. The number of nitrogens with one attached hydrogen (secondary N) is 1. The van der Waals surface area contributed by atoms with E-state index in [0.717, 1.165) is 22.2 Å². The fraction of sp³-hybridized carbons (Fsp3) is 0.0667. The van der Waals surface area contributed by atoms with Crippen molar-refractivity contribution in [3.05, 3.63) is 60.3 Å². The molecule has 0 fully saturated rings. The van der Waals surface area contributed by atoms with Crippen LogP contribution in [0.25, 0.3) is 10.9 Å². The summed E-state index contributed by atoms with van der Waals surface area (Å²) in [5.41, 5.74) is 2.13. The minimum absolute atomic E-state index is 0.271. The first kappa shape index (κ1) is 10.7. The fourth-order valence-corrected chi connectivity index (χ4v) is 1.88. The van der Waals surface area contributed by atoms with E-state index in [2.05, 4.69) is 4.98 Å². The normalized spacial score (nSPS) is 10.7. The van der Waals surface area contributed by atoms with Gasteiger partial charge in [-0.25, -0.2) is 0 Å². The molecule has 0 aliphatic rings. The number of H-pyrrole nitrogens is 1. The first-order valence-electron chi connectivity index (χ1n) is 5.79. The van der Waals surface area contributed by atoms with Gasteiger partial charge in [0.1, 0.15) is 18.1 Å². The number of benzene rings is 2. The van der Waals surface area contributed by atoms with Crippen molar-refractivity contribution in [1.82, 2.24) is 4.98 Å². The molecular formula is C15H13NO2. The van der Waals surface area contributed by atoms with Crippen molar-refractivity contribution in [3.8, 4) is 11.5 Å². The Morgan fingerprint density at radius 3 is 2.67 bits per heavy atom. The monoisotopic (exact) mass is 239 g/mol. The van der Waals surface area contributed by atoms with Crippen LogP contribution in [0, 0.1) is 0 Å². The van der Waals surface area contributed by atoms with Crippen molar-refractivity contribution >= 4 is 10.9 Å². The van der Waals surface area contributed by atoms with Gasteiger partial charge in [0.2, 0.25) is 0 Å². The Bertz CT molecular complexity index is 656. The van der Waals surface area contributed by atoms with Crippen molar-refractivity contribution in [1.29, 1.82) is 0 Å². The molecular weight excluding hydrogens is 226 g/mol. The Morgan fingerprint density at radius 2 is 1.83 bits per heavy atom. The van der Waals surface area contributed by atoms with Crippen molar-refractivity contribution < 1.29 is 9.84 Å². The summed E-state index contributed by atoms with van der Waals surface area (Å²) in [7, 11) is 0. The lowest BCUT2D eigenvalue weighted by molar-refractivity contribution is 0.306. The van der Waals surface area contributed by atoms with Gasteiger partial charge < -0.3 is 14.8 Å². The Morgan fingerprint density at radius 1 is 1.00 bits per heavy atom. The van der Waals surface area contributed by atoms with Crippen LogP contribution < -0.4 is 4.74 Å². The van der Waals surface area contributed by atoms with E-state index in [9.17, 15) is 5.11 Å². The molecule has 2 N–H and O–H groups in total. The molecule has 0 radical (unpaired) electrons. The summed E-state index contributed by atoms with van der Waals surface area (Å²) in [5, 5.41) is 10.3. The molecule has 1 heterocycles. The Hall–Kier alpha value is -2.42. The molecule has 2 aromatic carbocycles.